The maximum Gasteiger partial charge on any atom is 0.306 e. The lowest BCUT2D eigenvalue weighted by Crippen LogP contribution is -2.30. The number of allylic oxidation sites excluding steroid dienone is 14. The van der Waals surface area contributed by atoms with E-state index in [9.17, 15) is 14.4 Å². The highest BCUT2D eigenvalue weighted by Gasteiger charge is 2.19. The van der Waals surface area contributed by atoms with Crippen molar-refractivity contribution in [2.45, 2.75) is 245 Å². The molecule has 0 N–H and O–H groups in total. The third-order valence-corrected chi connectivity index (χ3v) is 10.9. The third kappa shape index (κ3) is 49.5. The zero-order chi connectivity index (χ0) is 45.8. The zero-order valence-corrected chi connectivity index (χ0v) is 41.1. The highest BCUT2D eigenvalue weighted by molar-refractivity contribution is 5.71. The van der Waals surface area contributed by atoms with E-state index in [4.69, 9.17) is 14.2 Å². The van der Waals surface area contributed by atoms with Crippen LogP contribution in [0.25, 0.3) is 0 Å². The van der Waals surface area contributed by atoms with Crippen LogP contribution in [0.1, 0.15) is 239 Å². The summed E-state index contributed by atoms with van der Waals surface area (Å²) in [4.78, 5) is 38.0. The monoisotopic (exact) mass is 877 g/mol. The Morgan fingerprint density at radius 2 is 0.635 bits per heavy atom. The van der Waals surface area contributed by atoms with Crippen LogP contribution in [-0.4, -0.2) is 37.2 Å². The van der Waals surface area contributed by atoms with Crippen molar-refractivity contribution < 1.29 is 28.6 Å². The number of esters is 3. The van der Waals surface area contributed by atoms with Gasteiger partial charge >= 0.3 is 17.9 Å². The fraction of sp³-hybridized carbons (Fsp3) is 0.702. The van der Waals surface area contributed by atoms with Gasteiger partial charge in [-0.1, -0.05) is 215 Å². The molecular weight excluding hydrogens is 781 g/mol. The lowest BCUT2D eigenvalue weighted by atomic mass is 10.0. The van der Waals surface area contributed by atoms with Gasteiger partial charge in [0.25, 0.3) is 0 Å². The van der Waals surface area contributed by atoms with Gasteiger partial charge in [-0.05, 0) is 89.9 Å². The molecule has 0 aliphatic heterocycles. The average molecular weight is 877 g/mol. The Labute approximate surface area is 388 Å². The minimum absolute atomic E-state index is 0.0979. The molecule has 0 amide bonds. The Morgan fingerprint density at radius 1 is 0.333 bits per heavy atom. The van der Waals surface area contributed by atoms with Gasteiger partial charge in [0.05, 0.1) is 0 Å². The number of hydrogen-bond donors (Lipinski definition) is 0. The number of unbranched alkanes of at least 4 members (excludes halogenated alkanes) is 21. The van der Waals surface area contributed by atoms with Gasteiger partial charge in [-0.15, -0.1) is 0 Å². The van der Waals surface area contributed by atoms with Crippen LogP contribution < -0.4 is 0 Å². The van der Waals surface area contributed by atoms with Crippen LogP contribution in [0.15, 0.2) is 85.1 Å². The van der Waals surface area contributed by atoms with Gasteiger partial charge in [0.15, 0.2) is 6.10 Å². The Bertz CT molecular complexity index is 1240. The topological polar surface area (TPSA) is 78.9 Å². The van der Waals surface area contributed by atoms with Crippen molar-refractivity contribution >= 4 is 17.9 Å². The molecular formula is C57H96O6. The largest absolute Gasteiger partial charge is 0.462 e. The molecule has 0 bridgehead atoms. The first-order valence-corrected chi connectivity index (χ1v) is 26.1. The molecule has 0 rings (SSSR count). The van der Waals surface area contributed by atoms with E-state index in [2.05, 4.69) is 106 Å². The van der Waals surface area contributed by atoms with Gasteiger partial charge < -0.3 is 14.2 Å². The first-order valence-electron chi connectivity index (χ1n) is 26.1. The van der Waals surface area contributed by atoms with Crippen LogP contribution in [-0.2, 0) is 28.6 Å². The van der Waals surface area contributed by atoms with Crippen molar-refractivity contribution in [1.82, 2.24) is 0 Å². The number of carbonyl (C=O) groups excluding carboxylic acids is 3. The average Bonchev–Trinajstić information content (AvgIpc) is 3.28. The SMILES string of the molecule is CC/C=C\C/C=C\C/C=C\CCCCCCCCC(=O)OC(COC(=O)CCC/C=C\C/C=C\C/C=C\C/C=C\CCCCC)COC(=O)CCCCCCCCCCCCCC. The second-order valence-corrected chi connectivity index (χ2v) is 17.1. The van der Waals surface area contributed by atoms with Crippen molar-refractivity contribution in [2.75, 3.05) is 13.2 Å². The number of carbonyl (C=O) groups is 3. The molecule has 0 saturated carbocycles. The molecule has 0 saturated heterocycles. The van der Waals surface area contributed by atoms with Gasteiger partial charge in [0.2, 0.25) is 0 Å². The van der Waals surface area contributed by atoms with E-state index in [-0.39, 0.29) is 37.5 Å². The Hall–Kier alpha value is -3.41. The molecule has 0 aromatic carbocycles. The molecule has 360 valence electrons. The van der Waals surface area contributed by atoms with E-state index in [0.717, 1.165) is 96.3 Å². The van der Waals surface area contributed by atoms with Crippen LogP contribution in [0.5, 0.6) is 0 Å². The Kier molecular flexibility index (Phi) is 48.5. The summed E-state index contributed by atoms with van der Waals surface area (Å²) in [5, 5.41) is 0. The summed E-state index contributed by atoms with van der Waals surface area (Å²) in [6, 6.07) is 0. The number of rotatable bonds is 46. The normalized spacial score (nSPS) is 12.7. The summed E-state index contributed by atoms with van der Waals surface area (Å²) >= 11 is 0. The molecule has 1 unspecified atom stereocenters. The first-order chi connectivity index (χ1) is 31.0. The van der Waals surface area contributed by atoms with Crippen molar-refractivity contribution in [3.63, 3.8) is 0 Å². The molecule has 0 heterocycles. The molecule has 0 aromatic heterocycles. The fourth-order valence-electron chi connectivity index (χ4n) is 6.98. The summed E-state index contributed by atoms with van der Waals surface area (Å²) in [5.74, 6) is -0.969. The second kappa shape index (κ2) is 51.2. The van der Waals surface area contributed by atoms with Gasteiger partial charge in [-0.25, -0.2) is 0 Å². The van der Waals surface area contributed by atoms with Gasteiger partial charge in [-0.3, -0.25) is 14.4 Å². The van der Waals surface area contributed by atoms with Gasteiger partial charge in [-0.2, -0.15) is 0 Å². The minimum atomic E-state index is -0.803. The smallest absolute Gasteiger partial charge is 0.306 e. The number of hydrogen-bond acceptors (Lipinski definition) is 6. The zero-order valence-electron chi connectivity index (χ0n) is 41.1. The summed E-state index contributed by atoms with van der Waals surface area (Å²) in [7, 11) is 0. The highest BCUT2D eigenvalue weighted by atomic mass is 16.6. The second-order valence-electron chi connectivity index (χ2n) is 17.1. The molecule has 0 radical (unpaired) electrons. The van der Waals surface area contributed by atoms with Crippen LogP contribution in [0.4, 0.5) is 0 Å². The van der Waals surface area contributed by atoms with Crippen LogP contribution in [0.2, 0.25) is 0 Å². The maximum atomic E-state index is 12.8. The lowest BCUT2D eigenvalue weighted by Gasteiger charge is -2.18. The quantitative estimate of drug-likeness (QED) is 0.0262. The third-order valence-electron chi connectivity index (χ3n) is 10.9. The van der Waals surface area contributed by atoms with E-state index < -0.39 is 6.10 Å². The first kappa shape index (κ1) is 59.6. The van der Waals surface area contributed by atoms with Crippen molar-refractivity contribution in [2.24, 2.45) is 0 Å². The summed E-state index contributed by atoms with van der Waals surface area (Å²) in [6.07, 6.45) is 65.7. The molecule has 6 heteroatoms. The van der Waals surface area contributed by atoms with Crippen LogP contribution in [0.3, 0.4) is 0 Å². The number of ether oxygens (including phenoxy) is 3. The van der Waals surface area contributed by atoms with E-state index in [1.54, 1.807) is 0 Å². The van der Waals surface area contributed by atoms with E-state index in [1.165, 1.54) is 96.3 Å². The van der Waals surface area contributed by atoms with Crippen molar-refractivity contribution in [3.8, 4) is 0 Å². The molecule has 63 heavy (non-hydrogen) atoms. The van der Waals surface area contributed by atoms with Crippen LogP contribution >= 0.6 is 0 Å². The fourth-order valence-corrected chi connectivity index (χ4v) is 6.98. The molecule has 0 fully saturated rings. The molecule has 0 aliphatic carbocycles. The van der Waals surface area contributed by atoms with Gasteiger partial charge in [0.1, 0.15) is 13.2 Å². The van der Waals surface area contributed by atoms with Crippen molar-refractivity contribution in [3.05, 3.63) is 85.1 Å². The summed E-state index contributed by atoms with van der Waals surface area (Å²) in [5.41, 5.74) is 0. The molecule has 6 nitrogen and oxygen atoms in total. The van der Waals surface area contributed by atoms with E-state index in [1.807, 2.05) is 0 Å². The van der Waals surface area contributed by atoms with Gasteiger partial charge in [0, 0.05) is 19.3 Å². The Morgan fingerprint density at radius 3 is 1.06 bits per heavy atom. The highest BCUT2D eigenvalue weighted by Crippen LogP contribution is 2.14. The minimum Gasteiger partial charge on any atom is -0.462 e. The maximum absolute atomic E-state index is 12.8. The Balaban J connectivity index is 4.49. The standard InChI is InChI=1S/C57H96O6/c1-4-7-10-13-16-19-22-25-27-29-31-32-35-38-41-44-47-50-56(59)62-53-54(52-61-55(58)49-46-43-40-37-34-24-21-18-15-12-9-6-3)63-57(60)51-48-45-42-39-36-33-30-28-26-23-20-17-14-11-8-5-2/h8,11,16-17,19-20,25-28,31-32,38,41,54H,4-7,9-10,12-15,18,21-24,29-30,33-37,39-40,42-53H2,1-3H3/b11-8-,19-16-,20-17-,27-25-,28-26-,32-31-,41-38-. The summed E-state index contributed by atoms with van der Waals surface area (Å²) in [6.45, 7) is 6.44. The predicted octanol–water partition coefficient (Wildman–Crippen LogP) is 17.2. The predicted molar refractivity (Wildman–Crippen MR) is 270 cm³/mol. The van der Waals surface area contributed by atoms with Crippen LogP contribution in [0, 0.1) is 0 Å². The van der Waals surface area contributed by atoms with Crippen molar-refractivity contribution in [1.29, 1.82) is 0 Å². The molecule has 0 aromatic rings. The molecule has 0 spiro atoms. The summed E-state index contributed by atoms with van der Waals surface area (Å²) < 4.78 is 16.7. The van der Waals surface area contributed by atoms with E-state index in [0.29, 0.717) is 19.3 Å². The molecule has 0 aliphatic rings. The lowest BCUT2D eigenvalue weighted by molar-refractivity contribution is -0.167. The van der Waals surface area contributed by atoms with E-state index >= 15 is 0 Å². The molecule has 1 atom stereocenters.